The minimum absolute atomic E-state index is 0.0848. The van der Waals surface area contributed by atoms with Crippen LogP contribution in [0.3, 0.4) is 0 Å². The smallest absolute Gasteiger partial charge is 0.197 e. The van der Waals surface area contributed by atoms with Gasteiger partial charge in [0.05, 0.1) is 11.0 Å². The molecule has 1 aromatic heterocycles. The molecule has 130 valence electrons. The highest BCUT2D eigenvalue weighted by molar-refractivity contribution is 5.93. The summed E-state index contributed by atoms with van der Waals surface area (Å²) in [6.07, 6.45) is 4.68. The molecule has 0 saturated carbocycles. The highest BCUT2D eigenvalue weighted by atomic mass is 19.1. The molecule has 2 aromatic carbocycles. The Labute approximate surface area is 146 Å². The van der Waals surface area contributed by atoms with E-state index in [1.54, 1.807) is 12.1 Å². The summed E-state index contributed by atoms with van der Waals surface area (Å²) in [5.41, 5.74) is 1.18. The van der Waals surface area contributed by atoms with Gasteiger partial charge in [-0.2, -0.15) is 0 Å². The number of aryl methyl sites for hydroxylation is 1. The molecule has 4 heteroatoms. The van der Waals surface area contributed by atoms with Crippen LogP contribution in [-0.2, 0) is 6.54 Å². The largest absolute Gasteiger partial charge is 0.338 e. The van der Waals surface area contributed by atoms with Crippen molar-refractivity contribution in [3.8, 4) is 0 Å². The molecule has 0 atom stereocenters. The quantitative estimate of drug-likeness (QED) is 0.515. The predicted molar refractivity (Wildman–Crippen MR) is 101 cm³/mol. The summed E-state index contributed by atoms with van der Waals surface area (Å²) in [6, 6.07) is 12.3. The molecule has 1 saturated heterocycles. The number of benzene rings is 2. The van der Waals surface area contributed by atoms with Crippen LogP contribution in [0.25, 0.3) is 21.8 Å². The van der Waals surface area contributed by atoms with Crippen molar-refractivity contribution in [1.29, 1.82) is 0 Å². The Hall–Kier alpha value is -2.20. The van der Waals surface area contributed by atoms with Crippen molar-refractivity contribution in [3.05, 3.63) is 58.5 Å². The maximum absolute atomic E-state index is 14.5. The first-order chi connectivity index (χ1) is 12.3. The van der Waals surface area contributed by atoms with Crippen LogP contribution in [0.1, 0.15) is 25.7 Å². The number of aromatic nitrogens is 1. The summed E-state index contributed by atoms with van der Waals surface area (Å²) in [5.74, 6) is -0.320. The normalized spacial score (nSPS) is 15.4. The van der Waals surface area contributed by atoms with Gasteiger partial charge in [-0.05, 0) is 69.6 Å². The first-order valence-corrected chi connectivity index (χ1v) is 9.18. The summed E-state index contributed by atoms with van der Waals surface area (Å²) in [4.78, 5) is 15.2. The number of fused-ring (bicyclic) bond motifs is 2. The molecule has 1 fully saturated rings. The maximum atomic E-state index is 14.5. The zero-order valence-corrected chi connectivity index (χ0v) is 14.4. The lowest BCUT2D eigenvalue weighted by atomic mass is 10.1. The van der Waals surface area contributed by atoms with E-state index in [0.717, 1.165) is 31.4 Å². The van der Waals surface area contributed by atoms with Crippen LogP contribution in [0.4, 0.5) is 4.39 Å². The van der Waals surface area contributed by atoms with E-state index in [4.69, 9.17) is 0 Å². The zero-order chi connectivity index (χ0) is 17.2. The number of rotatable bonds is 5. The fourth-order valence-electron chi connectivity index (χ4n) is 3.98. The second kappa shape index (κ2) is 6.96. The van der Waals surface area contributed by atoms with Gasteiger partial charge in [-0.1, -0.05) is 18.2 Å². The van der Waals surface area contributed by atoms with Gasteiger partial charge in [-0.15, -0.1) is 0 Å². The fourth-order valence-corrected chi connectivity index (χ4v) is 3.98. The Morgan fingerprint density at radius 3 is 2.44 bits per heavy atom. The molecule has 0 spiro atoms. The number of nitrogens with zero attached hydrogens (tertiary/aromatic N) is 2. The second-order valence-corrected chi connectivity index (χ2v) is 6.89. The summed E-state index contributed by atoms with van der Waals surface area (Å²) in [5, 5.41) is 1.14. The minimum atomic E-state index is -0.320. The lowest BCUT2D eigenvalue weighted by molar-refractivity contribution is 0.327. The molecule has 1 aliphatic rings. The van der Waals surface area contributed by atoms with E-state index in [0.29, 0.717) is 16.3 Å². The van der Waals surface area contributed by atoms with Crippen LogP contribution >= 0.6 is 0 Å². The van der Waals surface area contributed by atoms with Gasteiger partial charge in [0, 0.05) is 17.3 Å². The van der Waals surface area contributed by atoms with Crippen LogP contribution < -0.4 is 5.43 Å². The lowest BCUT2D eigenvalue weighted by Crippen LogP contribution is -2.21. The van der Waals surface area contributed by atoms with Gasteiger partial charge in [0.15, 0.2) is 5.43 Å². The number of pyridine rings is 1. The van der Waals surface area contributed by atoms with Gasteiger partial charge in [-0.3, -0.25) is 4.79 Å². The number of halogens is 1. The van der Waals surface area contributed by atoms with Gasteiger partial charge in [0.25, 0.3) is 0 Å². The molecule has 0 bridgehead atoms. The highest BCUT2D eigenvalue weighted by Crippen LogP contribution is 2.22. The molecular weight excluding hydrogens is 315 g/mol. The molecule has 0 amide bonds. The fraction of sp³-hybridized carbons (Fsp3) is 0.381. The number of hydrogen-bond acceptors (Lipinski definition) is 2. The van der Waals surface area contributed by atoms with Gasteiger partial charge < -0.3 is 9.47 Å². The number of para-hydroxylation sites is 2. The topological polar surface area (TPSA) is 25.2 Å². The Morgan fingerprint density at radius 1 is 0.880 bits per heavy atom. The highest BCUT2D eigenvalue weighted by Gasteiger charge is 2.14. The van der Waals surface area contributed by atoms with Crippen LogP contribution in [0.2, 0.25) is 0 Å². The molecule has 2 heterocycles. The van der Waals surface area contributed by atoms with Gasteiger partial charge in [0.2, 0.25) is 0 Å². The molecular formula is C21H23FN2O. The summed E-state index contributed by atoms with van der Waals surface area (Å²) in [7, 11) is 0. The van der Waals surface area contributed by atoms with Gasteiger partial charge in [-0.25, -0.2) is 4.39 Å². The summed E-state index contributed by atoms with van der Waals surface area (Å²) in [6.45, 7) is 4.25. The third kappa shape index (κ3) is 3.07. The molecule has 1 aliphatic heterocycles. The lowest BCUT2D eigenvalue weighted by Gasteiger charge is -2.17. The maximum Gasteiger partial charge on any atom is 0.197 e. The Bertz CT molecular complexity index is 957. The van der Waals surface area contributed by atoms with Crippen LogP contribution in [0, 0.1) is 5.82 Å². The van der Waals surface area contributed by atoms with E-state index < -0.39 is 0 Å². The monoisotopic (exact) mass is 338 g/mol. The summed E-state index contributed by atoms with van der Waals surface area (Å²) < 4.78 is 16.5. The van der Waals surface area contributed by atoms with E-state index in [-0.39, 0.29) is 11.2 Å². The van der Waals surface area contributed by atoms with E-state index in [1.165, 1.54) is 32.0 Å². The molecule has 0 aliphatic carbocycles. The molecule has 4 rings (SSSR count). The molecule has 0 N–H and O–H groups in total. The Balaban J connectivity index is 1.69. The molecule has 25 heavy (non-hydrogen) atoms. The standard InChI is InChI=1S/C21H23FN2O/c22-18-10-7-9-17-20(18)24(15-6-5-14-23-12-3-4-13-23)19-11-2-1-8-16(19)21(17)25/h1-2,7-11H,3-6,12-15H2. The molecule has 0 unspecified atom stereocenters. The Morgan fingerprint density at radius 2 is 1.60 bits per heavy atom. The average molecular weight is 338 g/mol. The molecule has 3 aromatic rings. The third-order valence-electron chi connectivity index (χ3n) is 5.25. The minimum Gasteiger partial charge on any atom is -0.338 e. The Kier molecular flexibility index (Phi) is 4.53. The van der Waals surface area contributed by atoms with Gasteiger partial charge >= 0.3 is 0 Å². The number of hydrogen-bond donors (Lipinski definition) is 0. The van der Waals surface area contributed by atoms with Crippen LogP contribution in [-0.4, -0.2) is 29.1 Å². The second-order valence-electron chi connectivity index (χ2n) is 6.89. The van der Waals surface area contributed by atoms with Crippen molar-refractivity contribution in [2.24, 2.45) is 0 Å². The SMILES string of the molecule is O=c1c2ccccc2n(CCCCN2CCCC2)c2c(F)cccc12. The van der Waals surface area contributed by atoms with Crippen molar-refractivity contribution in [3.63, 3.8) is 0 Å². The van der Waals surface area contributed by atoms with Crippen molar-refractivity contribution in [2.45, 2.75) is 32.2 Å². The van der Waals surface area contributed by atoms with E-state index in [9.17, 15) is 9.18 Å². The summed E-state index contributed by atoms with van der Waals surface area (Å²) >= 11 is 0. The van der Waals surface area contributed by atoms with Crippen molar-refractivity contribution < 1.29 is 4.39 Å². The first-order valence-electron chi connectivity index (χ1n) is 9.18. The van der Waals surface area contributed by atoms with E-state index in [2.05, 4.69) is 4.90 Å². The van der Waals surface area contributed by atoms with Gasteiger partial charge in [0.1, 0.15) is 5.82 Å². The number of likely N-dealkylation sites (tertiary alicyclic amines) is 1. The molecule has 0 radical (unpaired) electrons. The van der Waals surface area contributed by atoms with E-state index >= 15 is 0 Å². The van der Waals surface area contributed by atoms with E-state index in [1.807, 2.05) is 28.8 Å². The van der Waals surface area contributed by atoms with Crippen LogP contribution in [0.15, 0.2) is 47.3 Å². The third-order valence-corrected chi connectivity index (χ3v) is 5.25. The predicted octanol–water partition coefficient (Wildman–Crippen LogP) is 4.17. The van der Waals surface area contributed by atoms with Crippen LogP contribution in [0.5, 0.6) is 0 Å². The average Bonchev–Trinajstić information content (AvgIpc) is 3.15. The van der Waals surface area contributed by atoms with Crippen molar-refractivity contribution in [1.82, 2.24) is 9.47 Å². The van der Waals surface area contributed by atoms with Crippen molar-refractivity contribution >= 4 is 21.8 Å². The zero-order valence-electron chi connectivity index (χ0n) is 14.4. The first kappa shape index (κ1) is 16.3. The number of unbranched alkanes of at least 4 members (excludes halogenated alkanes) is 1. The molecule has 3 nitrogen and oxygen atoms in total. The van der Waals surface area contributed by atoms with Crippen molar-refractivity contribution in [2.75, 3.05) is 19.6 Å².